The van der Waals surface area contributed by atoms with Crippen molar-refractivity contribution in [3.8, 4) is 0 Å². The van der Waals surface area contributed by atoms with Gasteiger partial charge < -0.3 is 10.2 Å². The van der Waals surface area contributed by atoms with Gasteiger partial charge >= 0.3 is 0 Å². The standard InChI is InChI=1S/C23H28Cl3N3O4S/c1-15(22(31)27-23(2,3)4)28(13-16-7-6-8-17(24)11-16)21(30)14-29(34(5,32)33)20-12-18(25)9-10-19(20)26/h6-12,15H,13-14H2,1-5H3,(H,27,31)/t15-/m1/s1. The summed E-state index contributed by atoms with van der Waals surface area (Å²) < 4.78 is 26.1. The monoisotopic (exact) mass is 547 g/mol. The van der Waals surface area contributed by atoms with Crippen LogP contribution in [0.4, 0.5) is 5.69 Å². The Kier molecular flexibility index (Phi) is 9.27. The first kappa shape index (κ1) is 28.2. The maximum atomic E-state index is 13.5. The molecule has 7 nitrogen and oxygen atoms in total. The van der Waals surface area contributed by atoms with Crippen molar-refractivity contribution in [3.63, 3.8) is 0 Å². The molecule has 0 saturated carbocycles. The average molecular weight is 549 g/mol. The Balaban J connectivity index is 2.45. The normalized spacial score (nSPS) is 12.7. The van der Waals surface area contributed by atoms with E-state index in [1.165, 1.54) is 23.1 Å². The van der Waals surface area contributed by atoms with Gasteiger partial charge in [0, 0.05) is 22.1 Å². The maximum Gasteiger partial charge on any atom is 0.244 e. The molecule has 34 heavy (non-hydrogen) atoms. The van der Waals surface area contributed by atoms with E-state index in [1.54, 1.807) is 31.2 Å². The molecule has 0 heterocycles. The lowest BCUT2D eigenvalue weighted by Gasteiger charge is -2.33. The van der Waals surface area contributed by atoms with E-state index in [0.29, 0.717) is 10.6 Å². The number of halogens is 3. The smallest absolute Gasteiger partial charge is 0.244 e. The summed E-state index contributed by atoms with van der Waals surface area (Å²) in [6, 6.07) is 10.3. The van der Waals surface area contributed by atoms with Crippen LogP contribution in [0.25, 0.3) is 0 Å². The van der Waals surface area contributed by atoms with Crippen LogP contribution in [0.5, 0.6) is 0 Å². The molecule has 2 aromatic rings. The molecule has 1 atom stereocenters. The summed E-state index contributed by atoms with van der Waals surface area (Å²) in [7, 11) is -3.92. The molecule has 0 spiro atoms. The van der Waals surface area contributed by atoms with Crippen molar-refractivity contribution in [3.05, 3.63) is 63.1 Å². The Labute approximate surface area is 216 Å². The fourth-order valence-corrected chi connectivity index (χ4v) is 4.66. The molecule has 11 heteroatoms. The molecule has 0 aliphatic heterocycles. The minimum atomic E-state index is -3.92. The summed E-state index contributed by atoms with van der Waals surface area (Å²) in [5.41, 5.74) is 0.228. The van der Waals surface area contributed by atoms with Crippen molar-refractivity contribution in [1.29, 1.82) is 0 Å². The fraction of sp³-hybridized carbons (Fsp3) is 0.391. The molecule has 0 saturated heterocycles. The highest BCUT2D eigenvalue weighted by Gasteiger charge is 2.32. The summed E-state index contributed by atoms with van der Waals surface area (Å²) >= 11 is 18.4. The number of hydrogen-bond acceptors (Lipinski definition) is 4. The number of hydrogen-bond donors (Lipinski definition) is 1. The van der Waals surface area contributed by atoms with Crippen LogP contribution in [0.3, 0.4) is 0 Å². The minimum absolute atomic E-state index is 0.0407. The maximum absolute atomic E-state index is 13.5. The van der Waals surface area contributed by atoms with Crippen LogP contribution in [-0.2, 0) is 26.2 Å². The highest BCUT2D eigenvalue weighted by Crippen LogP contribution is 2.31. The highest BCUT2D eigenvalue weighted by atomic mass is 35.5. The van der Waals surface area contributed by atoms with Gasteiger partial charge in [0.25, 0.3) is 0 Å². The molecule has 2 amide bonds. The van der Waals surface area contributed by atoms with E-state index < -0.39 is 34.1 Å². The first-order valence-corrected chi connectivity index (χ1v) is 13.4. The van der Waals surface area contributed by atoms with Crippen LogP contribution >= 0.6 is 34.8 Å². The van der Waals surface area contributed by atoms with E-state index in [4.69, 9.17) is 34.8 Å². The van der Waals surface area contributed by atoms with Gasteiger partial charge in [-0.1, -0.05) is 46.9 Å². The quantitative estimate of drug-likeness (QED) is 0.516. The van der Waals surface area contributed by atoms with Gasteiger partial charge in [0.05, 0.1) is 17.0 Å². The van der Waals surface area contributed by atoms with Crippen LogP contribution < -0.4 is 9.62 Å². The third-order valence-corrected chi connectivity index (χ3v) is 6.68. The zero-order valence-electron chi connectivity index (χ0n) is 19.6. The topological polar surface area (TPSA) is 86.8 Å². The molecule has 2 rings (SSSR count). The van der Waals surface area contributed by atoms with Crippen molar-refractivity contribution in [2.75, 3.05) is 17.1 Å². The van der Waals surface area contributed by atoms with Gasteiger partial charge in [0.2, 0.25) is 21.8 Å². The Morgan fingerprint density at radius 3 is 2.21 bits per heavy atom. The Morgan fingerprint density at radius 1 is 1.03 bits per heavy atom. The molecular weight excluding hydrogens is 521 g/mol. The Morgan fingerprint density at radius 2 is 1.65 bits per heavy atom. The number of amides is 2. The zero-order valence-corrected chi connectivity index (χ0v) is 22.7. The van der Waals surface area contributed by atoms with Crippen molar-refractivity contribution >= 4 is 62.3 Å². The van der Waals surface area contributed by atoms with Crippen LogP contribution in [0.15, 0.2) is 42.5 Å². The van der Waals surface area contributed by atoms with Crippen LogP contribution in [0, 0.1) is 0 Å². The molecule has 0 aromatic heterocycles. The van der Waals surface area contributed by atoms with Crippen LogP contribution in [0.2, 0.25) is 15.1 Å². The summed E-state index contributed by atoms with van der Waals surface area (Å²) in [4.78, 5) is 27.7. The molecule has 0 fully saturated rings. The molecule has 0 unspecified atom stereocenters. The summed E-state index contributed by atoms with van der Waals surface area (Å²) in [5.74, 6) is -0.979. The lowest BCUT2D eigenvalue weighted by atomic mass is 10.1. The second-order valence-electron chi connectivity index (χ2n) is 8.93. The third kappa shape index (κ3) is 8.05. The van der Waals surface area contributed by atoms with Crippen molar-refractivity contribution in [2.24, 2.45) is 0 Å². The van der Waals surface area contributed by atoms with Gasteiger partial charge in [-0.2, -0.15) is 0 Å². The number of rotatable bonds is 8. The van der Waals surface area contributed by atoms with Crippen molar-refractivity contribution < 1.29 is 18.0 Å². The first-order valence-electron chi connectivity index (χ1n) is 10.4. The van der Waals surface area contributed by atoms with E-state index >= 15 is 0 Å². The molecule has 186 valence electrons. The second kappa shape index (κ2) is 11.2. The Bertz CT molecular complexity index is 1170. The molecule has 2 aromatic carbocycles. The van der Waals surface area contributed by atoms with Gasteiger partial charge in [-0.3, -0.25) is 13.9 Å². The first-order chi connectivity index (χ1) is 15.6. The number of carbonyl (C=O) groups excluding carboxylic acids is 2. The summed E-state index contributed by atoms with van der Waals surface area (Å²) in [6.07, 6.45) is 0.967. The molecule has 0 bridgehead atoms. The van der Waals surface area contributed by atoms with Crippen LogP contribution in [-0.4, -0.2) is 49.5 Å². The number of nitrogens with one attached hydrogen (secondary N) is 1. The predicted molar refractivity (Wildman–Crippen MR) is 138 cm³/mol. The third-order valence-electron chi connectivity index (χ3n) is 4.76. The summed E-state index contributed by atoms with van der Waals surface area (Å²) in [5, 5.41) is 3.70. The SMILES string of the molecule is C[C@H](C(=O)NC(C)(C)C)N(Cc1cccc(Cl)c1)C(=O)CN(c1cc(Cl)ccc1Cl)S(C)(=O)=O. The van der Waals surface area contributed by atoms with Crippen molar-refractivity contribution in [1.82, 2.24) is 10.2 Å². The van der Waals surface area contributed by atoms with Gasteiger partial charge in [-0.15, -0.1) is 0 Å². The van der Waals surface area contributed by atoms with E-state index in [2.05, 4.69) is 5.32 Å². The molecule has 1 N–H and O–H groups in total. The number of anilines is 1. The lowest BCUT2D eigenvalue weighted by Crippen LogP contribution is -2.54. The largest absolute Gasteiger partial charge is 0.350 e. The van der Waals surface area contributed by atoms with Gasteiger partial charge in [-0.05, 0) is 63.6 Å². The molecule has 0 aliphatic carbocycles. The number of carbonyl (C=O) groups is 2. The number of nitrogens with zero attached hydrogens (tertiary/aromatic N) is 2. The van der Waals surface area contributed by atoms with E-state index in [1.807, 2.05) is 20.8 Å². The zero-order chi connectivity index (χ0) is 25.8. The molecule has 0 aliphatic rings. The fourth-order valence-electron chi connectivity index (χ4n) is 3.16. The minimum Gasteiger partial charge on any atom is -0.350 e. The Hall–Kier alpha value is -2.00. The van der Waals surface area contributed by atoms with Gasteiger partial charge in [0.1, 0.15) is 12.6 Å². The van der Waals surface area contributed by atoms with Crippen molar-refractivity contribution in [2.45, 2.75) is 45.8 Å². The predicted octanol–water partition coefficient (Wildman–Crippen LogP) is 4.74. The van der Waals surface area contributed by atoms with E-state index in [9.17, 15) is 18.0 Å². The van der Waals surface area contributed by atoms with Crippen LogP contribution in [0.1, 0.15) is 33.3 Å². The number of benzene rings is 2. The summed E-state index contributed by atoms with van der Waals surface area (Å²) in [6.45, 7) is 6.53. The van der Waals surface area contributed by atoms with Gasteiger partial charge in [0.15, 0.2) is 0 Å². The molecule has 0 radical (unpaired) electrons. The van der Waals surface area contributed by atoms with E-state index in [-0.39, 0.29) is 28.2 Å². The average Bonchev–Trinajstić information content (AvgIpc) is 2.69. The van der Waals surface area contributed by atoms with E-state index in [0.717, 1.165) is 10.6 Å². The van der Waals surface area contributed by atoms with Gasteiger partial charge in [-0.25, -0.2) is 8.42 Å². The molecular formula is C23H28Cl3N3O4S. The lowest BCUT2D eigenvalue weighted by molar-refractivity contribution is -0.140. The second-order valence-corrected chi connectivity index (χ2v) is 12.1. The highest BCUT2D eigenvalue weighted by molar-refractivity contribution is 7.92. The number of sulfonamides is 1.